The largest absolute Gasteiger partial charge is 0.451 e. The fraction of sp³-hybridized carbons (Fsp3) is 0.471. The van der Waals surface area contributed by atoms with Crippen LogP contribution in [0.5, 0.6) is 0 Å². The van der Waals surface area contributed by atoms with E-state index in [1.165, 1.54) is 0 Å². The molecule has 0 unspecified atom stereocenters. The van der Waals surface area contributed by atoms with Crippen LogP contribution < -0.4 is 11.0 Å². The van der Waals surface area contributed by atoms with Gasteiger partial charge >= 0.3 is 17.9 Å². The third kappa shape index (κ3) is 3.99. The molecule has 1 aliphatic rings. The molecule has 1 aromatic carbocycles. The van der Waals surface area contributed by atoms with Gasteiger partial charge in [-0.3, -0.25) is 4.57 Å². The number of likely N-dealkylation sites (tertiary alicyclic amines) is 1. The molecule has 0 atom stereocenters. The number of hydrogen-bond acceptors (Lipinski definition) is 3. The predicted octanol–water partition coefficient (Wildman–Crippen LogP) is 2.78. The zero-order chi connectivity index (χ0) is 19.8. The van der Waals surface area contributed by atoms with E-state index in [0.29, 0.717) is 36.2 Å². The van der Waals surface area contributed by atoms with Crippen LogP contribution in [0.4, 0.5) is 23.7 Å². The molecule has 7 nitrogen and oxygen atoms in total. The number of aromatic nitrogens is 3. The van der Waals surface area contributed by atoms with Crippen molar-refractivity contribution in [1.82, 2.24) is 19.2 Å². The number of carbonyl (C=O) groups excluding carboxylic acids is 1. The van der Waals surface area contributed by atoms with Crippen molar-refractivity contribution in [2.45, 2.75) is 32.0 Å². The Morgan fingerprint density at radius 1 is 1.19 bits per heavy atom. The van der Waals surface area contributed by atoms with Crippen molar-refractivity contribution in [1.29, 1.82) is 0 Å². The highest BCUT2D eigenvalue weighted by Crippen LogP contribution is 2.28. The van der Waals surface area contributed by atoms with Crippen LogP contribution in [0.2, 0.25) is 0 Å². The van der Waals surface area contributed by atoms with Gasteiger partial charge in [-0.1, -0.05) is 17.7 Å². The lowest BCUT2D eigenvalue weighted by atomic mass is 10.1. The van der Waals surface area contributed by atoms with Gasteiger partial charge in [0, 0.05) is 25.8 Å². The third-order valence-corrected chi connectivity index (χ3v) is 4.66. The van der Waals surface area contributed by atoms with E-state index in [2.05, 4.69) is 10.4 Å². The van der Waals surface area contributed by atoms with Gasteiger partial charge in [0.05, 0.1) is 6.04 Å². The van der Waals surface area contributed by atoms with Crippen LogP contribution in [0.15, 0.2) is 29.1 Å². The molecule has 1 N–H and O–H groups in total. The topological polar surface area (TPSA) is 72.2 Å². The van der Waals surface area contributed by atoms with Gasteiger partial charge in [-0.15, -0.1) is 5.10 Å². The van der Waals surface area contributed by atoms with Gasteiger partial charge in [-0.25, -0.2) is 14.3 Å². The van der Waals surface area contributed by atoms with Crippen LogP contribution in [0, 0.1) is 6.92 Å². The zero-order valence-electron chi connectivity index (χ0n) is 15.0. The SMILES string of the molecule is Cc1ccc(NC(=O)N2CCC(n3nc(C(F)(F)F)n(C)c3=O)CC2)cc1. The normalized spacial score (nSPS) is 15.8. The molecule has 1 saturated heterocycles. The number of alkyl halides is 3. The molecule has 3 rings (SSSR count). The molecule has 1 aromatic heterocycles. The first kappa shape index (κ1) is 19.0. The lowest BCUT2D eigenvalue weighted by Crippen LogP contribution is -2.43. The first-order chi connectivity index (χ1) is 12.7. The summed E-state index contributed by atoms with van der Waals surface area (Å²) in [5, 5.41) is 6.26. The molecule has 0 bridgehead atoms. The summed E-state index contributed by atoms with van der Waals surface area (Å²) in [6.45, 7) is 2.60. The van der Waals surface area contributed by atoms with Crippen LogP contribution in [-0.2, 0) is 13.2 Å². The van der Waals surface area contributed by atoms with Crippen LogP contribution in [0.1, 0.15) is 30.3 Å². The number of benzene rings is 1. The number of anilines is 1. The lowest BCUT2D eigenvalue weighted by molar-refractivity contribution is -0.147. The van der Waals surface area contributed by atoms with E-state index in [0.717, 1.165) is 17.3 Å². The molecule has 27 heavy (non-hydrogen) atoms. The van der Waals surface area contributed by atoms with Crippen molar-refractivity contribution < 1.29 is 18.0 Å². The van der Waals surface area contributed by atoms with E-state index >= 15 is 0 Å². The Hall–Kier alpha value is -2.78. The Bertz CT molecular complexity index is 877. The second-order valence-corrected chi connectivity index (χ2v) is 6.62. The number of aryl methyl sites for hydroxylation is 1. The molecule has 0 spiro atoms. The number of rotatable bonds is 2. The van der Waals surface area contributed by atoms with Crippen molar-refractivity contribution >= 4 is 11.7 Å². The van der Waals surface area contributed by atoms with Gasteiger partial charge in [0.1, 0.15) is 0 Å². The van der Waals surface area contributed by atoms with Crippen molar-refractivity contribution in [2.75, 3.05) is 18.4 Å². The monoisotopic (exact) mass is 383 g/mol. The van der Waals surface area contributed by atoms with Gasteiger partial charge in [-0.05, 0) is 31.9 Å². The predicted molar refractivity (Wildman–Crippen MR) is 92.5 cm³/mol. The van der Waals surface area contributed by atoms with Gasteiger partial charge in [0.25, 0.3) is 0 Å². The average molecular weight is 383 g/mol. The summed E-state index contributed by atoms with van der Waals surface area (Å²) < 4.78 is 40.1. The van der Waals surface area contributed by atoms with Crippen molar-refractivity contribution in [3.05, 3.63) is 46.1 Å². The van der Waals surface area contributed by atoms with E-state index < -0.39 is 23.7 Å². The number of nitrogens with zero attached hydrogens (tertiary/aromatic N) is 4. The standard InChI is InChI=1S/C17H20F3N5O2/c1-11-3-5-12(6-4-11)21-15(26)24-9-7-13(8-10-24)25-16(27)23(2)14(22-25)17(18,19)20/h3-6,13H,7-10H2,1-2H3,(H,21,26). The first-order valence-corrected chi connectivity index (χ1v) is 8.52. The van der Waals surface area contributed by atoms with Gasteiger partial charge in [0.2, 0.25) is 5.82 Å². The fourth-order valence-electron chi connectivity index (χ4n) is 3.09. The smallest absolute Gasteiger partial charge is 0.324 e. The van der Waals surface area contributed by atoms with Crippen LogP contribution in [-0.4, -0.2) is 38.4 Å². The number of amides is 2. The number of nitrogens with one attached hydrogen (secondary N) is 1. The number of halogens is 3. The maximum Gasteiger partial charge on any atom is 0.451 e. The highest BCUT2D eigenvalue weighted by Gasteiger charge is 2.39. The summed E-state index contributed by atoms with van der Waals surface area (Å²) in [5.74, 6) is -1.22. The summed E-state index contributed by atoms with van der Waals surface area (Å²) >= 11 is 0. The second kappa shape index (κ2) is 7.09. The van der Waals surface area contributed by atoms with E-state index in [9.17, 15) is 22.8 Å². The molecule has 0 radical (unpaired) electrons. The molecule has 146 valence electrons. The molecular weight excluding hydrogens is 363 g/mol. The number of piperidine rings is 1. The molecule has 2 amide bonds. The summed E-state index contributed by atoms with van der Waals surface area (Å²) in [4.78, 5) is 26.0. The molecule has 2 heterocycles. The van der Waals surface area contributed by atoms with Gasteiger partial charge in [0.15, 0.2) is 0 Å². The maximum absolute atomic E-state index is 12.9. The van der Waals surface area contributed by atoms with Crippen LogP contribution in [0.25, 0.3) is 0 Å². The Morgan fingerprint density at radius 2 is 1.78 bits per heavy atom. The Morgan fingerprint density at radius 3 is 2.30 bits per heavy atom. The number of hydrogen-bond donors (Lipinski definition) is 1. The fourth-order valence-corrected chi connectivity index (χ4v) is 3.09. The number of carbonyl (C=O) groups is 1. The molecule has 0 saturated carbocycles. The minimum atomic E-state index is -4.69. The minimum absolute atomic E-state index is 0.276. The van der Waals surface area contributed by atoms with Crippen LogP contribution in [0.3, 0.4) is 0 Å². The Balaban J connectivity index is 1.64. The molecule has 10 heteroatoms. The maximum atomic E-state index is 12.9. The summed E-state index contributed by atoms with van der Waals surface area (Å²) in [7, 11) is 1.05. The highest BCUT2D eigenvalue weighted by molar-refractivity contribution is 5.89. The Kier molecular flexibility index (Phi) is 4.99. The molecule has 2 aromatic rings. The summed E-state index contributed by atoms with van der Waals surface area (Å²) in [6, 6.07) is 6.61. The van der Waals surface area contributed by atoms with E-state index in [4.69, 9.17) is 0 Å². The van der Waals surface area contributed by atoms with E-state index in [1.807, 2.05) is 19.1 Å². The Labute approximate surface area is 153 Å². The van der Waals surface area contributed by atoms with E-state index in [1.54, 1.807) is 17.0 Å². The second-order valence-electron chi connectivity index (χ2n) is 6.62. The van der Waals surface area contributed by atoms with Crippen molar-refractivity contribution in [2.24, 2.45) is 7.05 Å². The van der Waals surface area contributed by atoms with Gasteiger partial charge in [-0.2, -0.15) is 13.2 Å². The lowest BCUT2D eigenvalue weighted by Gasteiger charge is -2.31. The molecular formula is C17H20F3N5O2. The van der Waals surface area contributed by atoms with Crippen molar-refractivity contribution in [3.8, 4) is 0 Å². The minimum Gasteiger partial charge on any atom is -0.324 e. The molecule has 1 fully saturated rings. The first-order valence-electron chi connectivity index (χ1n) is 8.52. The average Bonchev–Trinajstić information content (AvgIpc) is 2.92. The van der Waals surface area contributed by atoms with Gasteiger partial charge < -0.3 is 10.2 Å². The molecule has 0 aliphatic carbocycles. The quantitative estimate of drug-likeness (QED) is 0.867. The zero-order valence-corrected chi connectivity index (χ0v) is 15.0. The molecule has 1 aliphatic heterocycles. The van der Waals surface area contributed by atoms with Crippen LogP contribution >= 0.6 is 0 Å². The number of urea groups is 1. The highest BCUT2D eigenvalue weighted by atomic mass is 19.4. The summed E-state index contributed by atoms with van der Waals surface area (Å²) in [5.41, 5.74) is 0.946. The van der Waals surface area contributed by atoms with Crippen molar-refractivity contribution in [3.63, 3.8) is 0 Å². The van der Waals surface area contributed by atoms with E-state index in [-0.39, 0.29) is 6.03 Å². The third-order valence-electron chi connectivity index (χ3n) is 4.66. The summed E-state index contributed by atoms with van der Waals surface area (Å²) in [6.07, 6.45) is -3.97.